The maximum atomic E-state index is 12.5. The Labute approximate surface area is 141 Å². The Balaban J connectivity index is 1.41. The molecule has 2 aromatic rings. The summed E-state index contributed by atoms with van der Waals surface area (Å²) in [6.45, 7) is 1.69. The zero-order chi connectivity index (χ0) is 16.4. The first-order chi connectivity index (χ1) is 11.8. The Morgan fingerprint density at radius 1 is 1.04 bits per heavy atom. The number of carbonyl (C=O) groups is 1. The molecule has 1 aliphatic heterocycles. The van der Waals surface area contributed by atoms with Crippen molar-refractivity contribution in [2.24, 2.45) is 5.92 Å². The first kappa shape index (κ1) is 15.3. The van der Waals surface area contributed by atoms with Gasteiger partial charge in [-0.05, 0) is 25.7 Å². The summed E-state index contributed by atoms with van der Waals surface area (Å²) < 4.78 is 1.87. The minimum absolute atomic E-state index is 0.283. The van der Waals surface area contributed by atoms with Crippen LogP contribution in [0.5, 0.6) is 0 Å². The van der Waals surface area contributed by atoms with Crippen LogP contribution in [-0.4, -0.2) is 43.4 Å². The van der Waals surface area contributed by atoms with Crippen molar-refractivity contribution in [3.05, 3.63) is 36.8 Å². The van der Waals surface area contributed by atoms with E-state index in [4.69, 9.17) is 4.98 Å². The summed E-state index contributed by atoms with van der Waals surface area (Å²) in [5.74, 6) is 1.85. The molecule has 2 aliphatic rings. The van der Waals surface area contributed by atoms with Gasteiger partial charge in [0.2, 0.25) is 5.91 Å². The molecule has 0 N–H and O–H groups in total. The molecule has 0 atom stereocenters. The largest absolute Gasteiger partial charge is 0.342 e. The molecule has 1 amide bonds. The highest BCUT2D eigenvalue weighted by Gasteiger charge is 2.30. The van der Waals surface area contributed by atoms with E-state index in [1.54, 1.807) is 18.7 Å². The topological polar surface area (TPSA) is 63.9 Å². The molecule has 1 saturated heterocycles. The fourth-order valence-corrected chi connectivity index (χ4v) is 3.91. The van der Waals surface area contributed by atoms with Gasteiger partial charge in [-0.1, -0.05) is 12.8 Å². The fraction of sp³-hybridized carbons (Fsp3) is 0.556. The smallest absolute Gasteiger partial charge is 0.225 e. The highest BCUT2D eigenvalue weighted by Crippen LogP contribution is 2.31. The molecule has 6 heteroatoms. The minimum atomic E-state index is 0.283. The lowest BCUT2D eigenvalue weighted by Gasteiger charge is -2.33. The summed E-state index contributed by atoms with van der Waals surface area (Å²) >= 11 is 0. The van der Waals surface area contributed by atoms with Gasteiger partial charge in [0.05, 0.1) is 11.9 Å². The van der Waals surface area contributed by atoms with Crippen molar-refractivity contribution in [3.63, 3.8) is 0 Å². The van der Waals surface area contributed by atoms with E-state index in [0.717, 1.165) is 50.3 Å². The molecule has 6 nitrogen and oxygen atoms in total. The van der Waals surface area contributed by atoms with E-state index in [9.17, 15) is 4.79 Å². The van der Waals surface area contributed by atoms with Gasteiger partial charge >= 0.3 is 0 Å². The minimum Gasteiger partial charge on any atom is -0.342 e. The molecule has 2 aromatic heterocycles. The zero-order valence-corrected chi connectivity index (χ0v) is 13.8. The third kappa shape index (κ3) is 3.05. The van der Waals surface area contributed by atoms with Gasteiger partial charge in [0.25, 0.3) is 0 Å². The number of likely N-dealkylation sites (tertiary alicyclic amines) is 1. The molecule has 1 aliphatic carbocycles. The number of nitrogens with zero attached hydrogens (tertiary/aromatic N) is 5. The number of aromatic nitrogens is 4. The molecular formula is C18H23N5O. The van der Waals surface area contributed by atoms with Gasteiger partial charge in [-0.3, -0.25) is 14.3 Å². The quantitative estimate of drug-likeness (QED) is 0.870. The Bertz CT molecular complexity index is 685. The lowest BCUT2D eigenvalue weighted by atomic mass is 9.92. The van der Waals surface area contributed by atoms with Gasteiger partial charge in [-0.2, -0.15) is 0 Å². The Kier molecular flexibility index (Phi) is 4.28. The third-order valence-electron chi connectivity index (χ3n) is 5.34. The Morgan fingerprint density at radius 2 is 1.83 bits per heavy atom. The average molecular weight is 325 g/mol. The summed E-state index contributed by atoms with van der Waals surface area (Å²) in [6.07, 6.45) is 15.5. The molecule has 0 spiro atoms. The predicted molar refractivity (Wildman–Crippen MR) is 89.7 cm³/mol. The van der Waals surface area contributed by atoms with Crippen molar-refractivity contribution in [2.45, 2.75) is 44.4 Å². The summed E-state index contributed by atoms with van der Waals surface area (Å²) in [5, 5.41) is 0. The van der Waals surface area contributed by atoms with Crippen LogP contribution in [0, 0.1) is 5.92 Å². The zero-order valence-electron chi connectivity index (χ0n) is 13.8. The Morgan fingerprint density at radius 3 is 2.54 bits per heavy atom. The summed E-state index contributed by atoms with van der Waals surface area (Å²) in [6, 6.07) is 0. The van der Waals surface area contributed by atoms with E-state index in [2.05, 4.69) is 14.9 Å². The lowest BCUT2D eigenvalue weighted by molar-refractivity contribution is -0.136. The predicted octanol–water partition coefficient (Wildman–Crippen LogP) is 2.56. The molecule has 1 saturated carbocycles. The van der Waals surface area contributed by atoms with Crippen molar-refractivity contribution in [1.82, 2.24) is 24.4 Å². The number of imidazole rings is 1. The van der Waals surface area contributed by atoms with Crippen LogP contribution in [0.2, 0.25) is 0 Å². The summed E-state index contributed by atoms with van der Waals surface area (Å²) in [7, 11) is 0. The van der Waals surface area contributed by atoms with Crippen LogP contribution >= 0.6 is 0 Å². The molecule has 0 radical (unpaired) electrons. The summed E-state index contributed by atoms with van der Waals surface area (Å²) in [5.41, 5.74) is 1.02. The van der Waals surface area contributed by atoms with Gasteiger partial charge in [0, 0.05) is 43.5 Å². The van der Waals surface area contributed by atoms with Crippen LogP contribution in [-0.2, 0) is 4.79 Å². The normalized spacial score (nSPS) is 19.8. The van der Waals surface area contributed by atoms with Crippen LogP contribution in [0.25, 0.3) is 5.82 Å². The van der Waals surface area contributed by atoms with Crippen molar-refractivity contribution >= 4 is 5.91 Å². The molecule has 24 heavy (non-hydrogen) atoms. The maximum Gasteiger partial charge on any atom is 0.225 e. The first-order valence-corrected chi connectivity index (χ1v) is 8.90. The molecule has 0 aromatic carbocycles. The fourth-order valence-electron chi connectivity index (χ4n) is 3.91. The number of hydrogen-bond donors (Lipinski definition) is 0. The highest BCUT2D eigenvalue weighted by molar-refractivity contribution is 5.79. The van der Waals surface area contributed by atoms with Gasteiger partial charge in [0.15, 0.2) is 5.82 Å². The van der Waals surface area contributed by atoms with Crippen LogP contribution in [0.15, 0.2) is 31.1 Å². The van der Waals surface area contributed by atoms with Gasteiger partial charge < -0.3 is 4.90 Å². The highest BCUT2D eigenvalue weighted by atomic mass is 16.2. The van der Waals surface area contributed by atoms with Crippen molar-refractivity contribution in [2.75, 3.05) is 13.1 Å². The first-order valence-electron chi connectivity index (χ1n) is 8.90. The van der Waals surface area contributed by atoms with E-state index >= 15 is 0 Å². The number of rotatable bonds is 3. The monoisotopic (exact) mass is 325 g/mol. The molecule has 2 fully saturated rings. The van der Waals surface area contributed by atoms with Crippen LogP contribution in [0.3, 0.4) is 0 Å². The van der Waals surface area contributed by atoms with Gasteiger partial charge in [-0.25, -0.2) is 9.97 Å². The molecule has 3 heterocycles. The van der Waals surface area contributed by atoms with Crippen LogP contribution < -0.4 is 0 Å². The second kappa shape index (κ2) is 6.71. The summed E-state index contributed by atoms with van der Waals surface area (Å²) in [4.78, 5) is 27.8. The Hall–Kier alpha value is -2.24. The van der Waals surface area contributed by atoms with E-state index in [-0.39, 0.29) is 5.92 Å². The molecular weight excluding hydrogens is 302 g/mol. The lowest BCUT2D eigenvalue weighted by Crippen LogP contribution is -2.41. The molecule has 126 valence electrons. The van der Waals surface area contributed by atoms with Crippen LogP contribution in [0.1, 0.15) is 50.1 Å². The third-order valence-corrected chi connectivity index (χ3v) is 5.34. The number of amides is 1. The molecule has 0 unspecified atom stereocenters. The van der Waals surface area contributed by atoms with Gasteiger partial charge in [0.1, 0.15) is 6.33 Å². The molecule has 4 rings (SSSR count). The second-order valence-corrected chi connectivity index (χ2v) is 6.85. The average Bonchev–Trinajstić information content (AvgIpc) is 3.35. The van der Waals surface area contributed by atoms with Crippen molar-refractivity contribution < 1.29 is 4.79 Å². The van der Waals surface area contributed by atoms with E-state index < -0.39 is 0 Å². The molecule has 0 bridgehead atoms. The standard InChI is InChI=1S/C18H23N5O/c24-18(15-3-1-2-4-15)22-8-5-14(6-9-22)16-11-20-12-17(21-16)23-10-7-19-13-23/h7,10-15H,1-6,8-9H2. The van der Waals surface area contributed by atoms with E-state index in [1.165, 1.54) is 12.8 Å². The maximum absolute atomic E-state index is 12.5. The number of hydrogen-bond acceptors (Lipinski definition) is 4. The van der Waals surface area contributed by atoms with E-state index in [0.29, 0.717) is 11.8 Å². The number of carbonyl (C=O) groups excluding carboxylic acids is 1. The van der Waals surface area contributed by atoms with Crippen molar-refractivity contribution in [3.8, 4) is 5.82 Å². The van der Waals surface area contributed by atoms with Crippen LogP contribution in [0.4, 0.5) is 0 Å². The SMILES string of the molecule is O=C(C1CCCC1)N1CCC(c2cncc(-n3ccnc3)n2)CC1. The van der Waals surface area contributed by atoms with Crippen molar-refractivity contribution in [1.29, 1.82) is 0 Å². The van der Waals surface area contributed by atoms with Gasteiger partial charge in [-0.15, -0.1) is 0 Å². The number of piperidine rings is 1. The second-order valence-electron chi connectivity index (χ2n) is 6.85. The van der Waals surface area contributed by atoms with E-state index in [1.807, 2.05) is 17.0 Å².